The van der Waals surface area contributed by atoms with Crippen LogP contribution in [0.15, 0.2) is 24.3 Å². The molecule has 5 nitrogen and oxygen atoms in total. The van der Waals surface area contributed by atoms with Crippen LogP contribution in [-0.4, -0.2) is 50.9 Å². The monoisotopic (exact) mass is 325 g/mol. The molecule has 22 heavy (non-hydrogen) atoms. The van der Waals surface area contributed by atoms with Crippen molar-refractivity contribution in [3.05, 3.63) is 29.8 Å². The molecule has 1 aromatic carbocycles. The van der Waals surface area contributed by atoms with E-state index in [2.05, 4.69) is 0 Å². The van der Waals surface area contributed by atoms with Gasteiger partial charge in [0.15, 0.2) is 0 Å². The molecule has 1 heterocycles. The number of hydrogen-bond acceptors (Lipinski definition) is 4. The number of sulfonamides is 1. The van der Waals surface area contributed by atoms with Crippen LogP contribution in [0.2, 0.25) is 0 Å². The molecule has 2 fully saturated rings. The van der Waals surface area contributed by atoms with Crippen molar-refractivity contribution < 1.29 is 17.9 Å². The van der Waals surface area contributed by atoms with Gasteiger partial charge in [-0.2, -0.15) is 4.31 Å². The summed E-state index contributed by atoms with van der Waals surface area (Å²) in [4.78, 5) is 0. The maximum Gasteiger partial charge on any atom is 0.217 e. The first kappa shape index (κ1) is 15.8. The lowest BCUT2D eigenvalue weighted by Crippen LogP contribution is -2.47. The van der Waals surface area contributed by atoms with E-state index in [9.17, 15) is 8.42 Å². The van der Waals surface area contributed by atoms with E-state index in [-0.39, 0.29) is 18.5 Å². The van der Waals surface area contributed by atoms with Gasteiger partial charge in [-0.1, -0.05) is 17.7 Å². The van der Waals surface area contributed by atoms with Gasteiger partial charge in [-0.15, -0.1) is 0 Å². The lowest BCUT2D eigenvalue weighted by Gasteiger charge is -2.32. The molecule has 0 aromatic heterocycles. The van der Waals surface area contributed by atoms with Crippen molar-refractivity contribution in [3.8, 4) is 5.75 Å². The van der Waals surface area contributed by atoms with Crippen LogP contribution in [0.1, 0.15) is 18.4 Å². The summed E-state index contributed by atoms with van der Waals surface area (Å²) in [6, 6.07) is 7.62. The van der Waals surface area contributed by atoms with Gasteiger partial charge in [0, 0.05) is 13.1 Å². The number of aryl methyl sites for hydroxylation is 1. The van der Waals surface area contributed by atoms with Crippen LogP contribution in [-0.2, 0) is 14.8 Å². The minimum atomic E-state index is -3.27. The van der Waals surface area contributed by atoms with E-state index >= 15 is 0 Å². The van der Waals surface area contributed by atoms with Crippen LogP contribution in [0.5, 0.6) is 5.75 Å². The molecule has 1 aliphatic carbocycles. The first-order valence-corrected chi connectivity index (χ1v) is 9.44. The summed E-state index contributed by atoms with van der Waals surface area (Å²) in [5, 5.41) is 0. The molecule has 1 atom stereocenters. The summed E-state index contributed by atoms with van der Waals surface area (Å²) in [5.41, 5.74) is 1.15. The van der Waals surface area contributed by atoms with Gasteiger partial charge in [0.05, 0.1) is 18.5 Å². The molecule has 0 amide bonds. The Hall–Kier alpha value is -1.11. The zero-order valence-electron chi connectivity index (χ0n) is 12.9. The second-order valence-electron chi connectivity index (χ2n) is 6.08. The van der Waals surface area contributed by atoms with Crippen LogP contribution in [0.3, 0.4) is 0 Å². The third kappa shape index (κ3) is 4.00. The summed E-state index contributed by atoms with van der Waals surface area (Å²) in [7, 11) is -3.27. The predicted octanol–water partition coefficient (Wildman–Crippen LogP) is 1.81. The van der Waals surface area contributed by atoms with Gasteiger partial charge >= 0.3 is 0 Å². The molecule has 1 aromatic rings. The lowest BCUT2D eigenvalue weighted by atomic mass is 10.2. The Bertz CT molecular complexity index is 595. The SMILES string of the molecule is Cc1ccc(OCCS(=O)(=O)N2CCOC(C3CC3)C2)cc1. The van der Waals surface area contributed by atoms with E-state index in [1.54, 1.807) is 4.31 Å². The van der Waals surface area contributed by atoms with E-state index in [0.29, 0.717) is 31.4 Å². The Morgan fingerprint density at radius 2 is 2.00 bits per heavy atom. The van der Waals surface area contributed by atoms with Crippen LogP contribution in [0.4, 0.5) is 0 Å². The predicted molar refractivity (Wildman–Crippen MR) is 84.5 cm³/mol. The van der Waals surface area contributed by atoms with Crippen LogP contribution in [0, 0.1) is 12.8 Å². The van der Waals surface area contributed by atoms with Crippen LogP contribution >= 0.6 is 0 Å². The van der Waals surface area contributed by atoms with E-state index in [4.69, 9.17) is 9.47 Å². The van der Waals surface area contributed by atoms with E-state index in [0.717, 1.165) is 18.4 Å². The minimum absolute atomic E-state index is 0.0122. The second kappa shape index (κ2) is 6.56. The molecule has 2 aliphatic rings. The van der Waals surface area contributed by atoms with Gasteiger partial charge in [-0.25, -0.2) is 8.42 Å². The molecular formula is C16H23NO4S. The Morgan fingerprint density at radius 3 is 2.68 bits per heavy atom. The fraction of sp³-hybridized carbons (Fsp3) is 0.625. The van der Waals surface area contributed by atoms with Crippen molar-refractivity contribution in [3.63, 3.8) is 0 Å². The zero-order valence-corrected chi connectivity index (χ0v) is 13.7. The van der Waals surface area contributed by atoms with Crippen LogP contribution in [0.25, 0.3) is 0 Å². The van der Waals surface area contributed by atoms with E-state index < -0.39 is 10.0 Å². The zero-order chi connectivity index (χ0) is 15.6. The fourth-order valence-electron chi connectivity index (χ4n) is 2.68. The summed E-state index contributed by atoms with van der Waals surface area (Å²) >= 11 is 0. The minimum Gasteiger partial charge on any atom is -0.492 e. The Balaban J connectivity index is 1.50. The number of hydrogen-bond donors (Lipinski definition) is 0. The Labute approximate surface area is 132 Å². The highest BCUT2D eigenvalue weighted by molar-refractivity contribution is 7.89. The molecule has 1 aliphatic heterocycles. The second-order valence-corrected chi connectivity index (χ2v) is 8.17. The molecule has 0 bridgehead atoms. The summed E-state index contributed by atoms with van der Waals surface area (Å²) in [5.74, 6) is 1.28. The molecule has 3 rings (SSSR count). The summed E-state index contributed by atoms with van der Waals surface area (Å²) < 4.78 is 37.6. The van der Waals surface area contributed by atoms with Crippen molar-refractivity contribution in [1.82, 2.24) is 4.31 Å². The van der Waals surface area contributed by atoms with Crippen molar-refractivity contribution in [2.45, 2.75) is 25.9 Å². The molecule has 122 valence electrons. The maximum atomic E-state index is 12.4. The fourth-order valence-corrected chi connectivity index (χ4v) is 3.96. The number of benzene rings is 1. The van der Waals surface area contributed by atoms with Gasteiger partial charge < -0.3 is 9.47 Å². The normalized spacial score (nSPS) is 23.4. The van der Waals surface area contributed by atoms with Gasteiger partial charge in [-0.3, -0.25) is 0 Å². The molecule has 0 N–H and O–H groups in total. The highest BCUT2D eigenvalue weighted by atomic mass is 32.2. The van der Waals surface area contributed by atoms with Gasteiger partial charge in [0.25, 0.3) is 0 Å². The number of ether oxygens (including phenoxy) is 2. The number of nitrogens with zero attached hydrogens (tertiary/aromatic N) is 1. The highest BCUT2D eigenvalue weighted by Gasteiger charge is 2.38. The van der Waals surface area contributed by atoms with E-state index in [1.807, 2.05) is 31.2 Å². The molecule has 0 spiro atoms. The van der Waals surface area contributed by atoms with Gasteiger partial charge in [0.2, 0.25) is 10.0 Å². The Kier molecular flexibility index (Phi) is 4.70. The van der Waals surface area contributed by atoms with Crippen LogP contribution < -0.4 is 4.74 Å². The average molecular weight is 325 g/mol. The standard InChI is InChI=1S/C16H23NO4S/c1-13-2-6-15(7-3-13)20-10-11-22(18,19)17-8-9-21-16(12-17)14-4-5-14/h2-3,6-7,14,16H,4-5,8-12H2,1H3. The summed E-state index contributed by atoms with van der Waals surface area (Å²) in [6.07, 6.45) is 2.41. The third-order valence-electron chi connectivity index (χ3n) is 4.23. The molecule has 1 saturated carbocycles. The molecule has 1 saturated heterocycles. The molecule has 1 unspecified atom stereocenters. The Morgan fingerprint density at radius 1 is 1.27 bits per heavy atom. The molecule has 6 heteroatoms. The first-order valence-electron chi connectivity index (χ1n) is 7.83. The van der Waals surface area contributed by atoms with Crippen molar-refractivity contribution in [2.24, 2.45) is 5.92 Å². The largest absolute Gasteiger partial charge is 0.492 e. The average Bonchev–Trinajstić information content (AvgIpc) is 3.34. The third-order valence-corrected chi connectivity index (χ3v) is 6.03. The maximum absolute atomic E-state index is 12.4. The topological polar surface area (TPSA) is 55.8 Å². The quantitative estimate of drug-likeness (QED) is 0.800. The van der Waals surface area contributed by atoms with Crippen molar-refractivity contribution in [2.75, 3.05) is 32.1 Å². The van der Waals surface area contributed by atoms with E-state index in [1.165, 1.54) is 0 Å². The summed E-state index contributed by atoms with van der Waals surface area (Å²) in [6.45, 7) is 3.63. The van der Waals surface area contributed by atoms with Gasteiger partial charge in [0.1, 0.15) is 12.4 Å². The number of rotatable bonds is 6. The first-order chi connectivity index (χ1) is 10.5. The molecule has 0 radical (unpaired) electrons. The van der Waals surface area contributed by atoms with Crippen molar-refractivity contribution in [1.29, 1.82) is 0 Å². The van der Waals surface area contributed by atoms with Crippen molar-refractivity contribution >= 4 is 10.0 Å². The highest BCUT2D eigenvalue weighted by Crippen LogP contribution is 2.36. The lowest BCUT2D eigenvalue weighted by molar-refractivity contribution is -0.0135. The smallest absolute Gasteiger partial charge is 0.217 e. The molecular weight excluding hydrogens is 302 g/mol. The van der Waals surface area contributed by atoms with Gasteiger partial charge in [-0.05, 0) is 37.8 Å². The number of morpholine rings is 1.